The lowest BCUT2D eigenvalue weighted by atomic mass is 10.1. The largest absolute Gasteiger partial charge is 0.351 e. The van der Waals surface area contributed by atoms with Crippen molar-refractivity contribution < 1.29 is 4.79 Å². The Bertz CT molecular complexity index is 610. The van der Waals surface area contributed by atoms with Crippen LogP contribution < -0.4 is 5.32 Å². The Morgan fingerprint density at radius 3 is 2.74 bits per heavy atom. The van der Waals surface area contributed by atoms with E-state index in [0.717, 1.165) is 16.1 Å². The van der Waals surface area contributed by atoms with E-state index < -0.39 is 0 Å². The number of amides is 1. The smallest absolute Gasteiger partial charge is 0.224 e. The highest BCUT2D eigenvalue weighted by molar-refractivity contribution is 7.09. The van der Waals surface area contributed by atoms with E-state index >= 15 is 0 Å². The van der Waals surface area contributed by atoms with Gasteiger partial charge in [0.25, 0.3) is 0 Å². The van der Waals surface area contributed by atoms with Gasteiger partial charge in [-0.25, -0.2) is 4.98 Å². The number of aromatic nitrogens is 1. The number of carbonyl (C=O) groups is 1. The van der Waals surface area contributed by atoms with E-state index in [-0.39, 0.29) is 5.91 Å². The van der Waals surface area contributed by atoms with Crippen LogP contribution in [-0.4, -0.2) is 10.9 Å². The van der Waals surface area contributed by atoms with E-state index in [9.17, 15) is 4.79 Å². The van der Waals surface area contributed by atoms with Crippen LogP contribution in [0.15, 0.2) is 29.8 Å². The molecule has 5 heteroatoms. The van der Waals surface area contributed by atoms with Crippen molar-refractivity contribution in [2.45, 2.75) is 19.9 Å². The van der Waals surface area contributed by atoms with Crippen molar-refractivity contribution in [3.63, 3.8) is 0 Å². The van der Waals surface area contributed by atoms with Gasteiger partial charge in [-0.1, -0.05) is 12.1 Å². The highest BCUT2D eigenvalue weighted by atomic mass is 32.1. The molecule has 96 valence electrons. The van der Waals surface area contributed by atoms with Crippen LogP contribution in [0.4, 0.5) is 0 Å². The Hall–Kier alpha value is -2.19. The summed E-state index contributed by atoms with van der Waals surface area (Å²) in [5.74, 6) is -0.0301. The quantitative estimate of drug-likeness (QED) is 0.927. The zero-order valence-corrected chi connectivity index (χ0v) is 11.3. The Balaban J connectivity index is 1.87. The lowest BCUT2D eigenvalue weighted by molar-refractivity contribution is -0.120. The molecular weight excluding hydrogens is 258 g/mol. The predicted octanol–water partition coefficient (Wildman–Crippen LogP) is 2.18. The van der Waals surface area contributed by atoms with Crippen LogP contribution in [-0.2, 0) is 17.8 Å². The fourth-order valence-corrected chi connectivity index (χ4v) is 2.34. The summed E-state index contributed by atoms with van der Waals surface area (Å²) in [5, 5.41) is 11.6. The average Bonchev–Trinajstić information content (AvgIpc) is 2.83. The molecule has 0 saturated heterocycles. The average molecular weight is 271 g/mol. The van der Waals surface area contributed by atoms with Gasteiger partial charge >= 0.3 is 0 Å². The summed E-state index contributed by atoms with van der Waals surface area (Å²) in [4.78, 5) is 17.0. The maximum atomic E-state index is 11.8. The minimum absolute atomic E-state index is 0.0301. The second-order valence-electron chi connectivity index (χ2n) is 4.12. The molecule has 0 aliphatic carbocycles. The SMILES string of the molecule is Cc1ncsc1CNC(=O)Cc1ccc(C#N)cc1. The van der Waals surface area contributed by atoms with E-state index in [2.05, 4.69) is 16.4 Å². The summed E-state index contributed by atoms with van der Waals surface area (Å²) >= 11 is 1.54. The maximum absolute atomic E-state index is 11.8. The van der Waals surface area contributed by atoms with Crippen molar-refractivity contribution in [2.24, 2.45) is 0 Å². The Kier molecular flexibility index (Phi) is 4.26. The Morgan fingerprint density at radius 1 is 1.42 bits per heavy atom. The van der Waals surface area contributed by atoms with E-state index in [1.165, 1.54) is 0 Å². The summed E-state index contributed by atoms with van der Waals surface area (Å²) in [7, 11) is 0. The molecule has 0 aliphatic rings. The fourth-order valence-electron chi connectivity index (χ4n) is 1.62. The highest BCUT2D eigenvalue weighted by Gasteiger charge is 2.06. The Labute approximate surface area is 115 Å². The first kappa shape index (κ1) is 13.2. The molecule has 0 spiro atoms. The summed E-state index contributed by atoms with van der Waals surface area (Å²) in [6.45, 7) is 2.45. The van der Waals surface area contributed by atoms with Gasteiger partial charge in [-0.3, -0.25) is 4.79 Å². The third-order valence-corrected chi connectivity index (χ3v) is 3.67. The first-order chi connectivity index (χ1) is 9.19. The summed E-state index contributed by atoms with van der Waals surface area (Å²) in [5.41, 5.74) is 4.24. The maximum Gasteiger partial charge on any atom is 0.224 e. The van der Waals surface area contributed by atoms with Gasteiger partial charge in [0.15, 0.2) is 0 Å². The summed E-state index contributed by atoms with van der Waals surface area (Å²) in [6.07, 6.45) is 0.323. The number of aryl methyl sites for hydroxylation is 1. The predicted molar refractivity (Wildman–Crippen MR) is 73.6 cm³/mol. The van der Waals surface area contributed by atoms with Crippen molar-refractivity contribution >= 4 is 17.2 Å². The van der Waals surface area contributed by atoms with Crippen molar-refractivity contribution in [3.05, 3.63) is 51.5 Å². The molecule has 2 rings (SSSR count). The van der Waals surface area contributed by atoms with E-state index in [4.69, 9.17) is 5.26 Å². The van der Waals surface area contributed by atoms with E-state index in [1.54, 1.807) is 41.1 Å². The van der Waals surface area contributed by atoms with E-state index in [1.807, 2.05) is 6.92 Å². The zero-order valence-electron chi connectivity index (χ0n) is 10.5. The number of nitriles is 1. The molecule has 0 atom stereocenters. The van der Waals surface area contributed by atoms with Crippen LogP contribution in [0.3, 0.4) is 0 Å². The van der Waals surface area contributed by atoms with Gasteiger partial charge in [-0.05, 0) is 24.6 Å². The van der Waals surface area contributed by atoms with Crippen molar-refractivity contribution in [2.75, 3.05) is 0 Å². The number of rotatable bonds is 4. The molecule has 4 nitrogen and oxygen atoms in total. The first-order valence-electron chi connectivity index (χ1n) is 5.83. The minimum atomic E-state index is -0.0301. The van der Waals surface area contributed by atoms with Gasteiger partial charge in [0.2, 0.25) is 5.91 Å². The standard InChI is InChI=1S/C14H13N3OS/c1-10-13(19-9-17-10)8-16-14(18)6-11-2-4-12(7-15)5-3-11/h2-5,9H,6,8H2,1H3,(H,16,18). The lowest BCUT2D eigenvalue weighted by Crippen LogP contribution is -2.24. The van der Waals surface area contributed by atoms with Gasteiger partial charge in [-0.2, -0.15) is 5.26 Å². The molecule has 1 aromatic carbocycles. The summed E-state index contributed by atoms with van der Waals surface area (Å²) < 4.78 is 0. The first-order valence-corrected chi connectivity index (χ1v) is 6.71. The van der Waals surface area contributed by atoms with E-state index in [0.29, 0.717) is 18.5 Å². The van der Waals surface area contributed by atoms with Crippen molar-refractivity contribution in [1.29, 1.82) is 5.26 Å². The molecule has 1 amide bonds. The molecular formula is C14H13N3OS. The van der Waals surface area contributed by atoms with Crippen molar-refractivity contribution in [3.8, 4) is 6.07 Å². The fraction of sp³-hybridized carbons (Fsp3) is 0.214. The second kappa shape index (κ2) is 6.12. The second-order valence-corrected chi connectivity index (χ2v) is 5.06. The minimum Gasteiger partial charge on any atom is -0.351 e. The van der Waals surface area contributed by atoms with Gasteiger partial charge in [0, 0.05) is 4.88 Å². The monoisotopic (exact) mass is 271 g/mol. The molecule has 0 unspecified atom stereocenters. The topological polar surface area (TPSA) is 65.8 Å². The highest BCUT2D eigenvalue weighted by Crippen LogP contribution is 2.11. The van der Waals surface area contributed by atoms with Crippen LogP contribution in [0, 0.1) is 18.3 Å². The van der Waals surface area contributed by atoms with Gasteiger partial charge in [-0.15, -0.1) is 11.3 Å². The number of thiazole rings is 1. The number of nitrogens with zero attached hydrogens (tertiary/aromatic N) is 2. The molecule has 1 N–H and O–H groups in total. The van der Waals surface area contributed by atoms with Crippen LogP contribution in [0.25, 0.3) is 0 Å². The molecule has 0 saturated carbocycles. The van der Waals surface area contributed by atoms with Crippen molar-refractivity contribution in [1.82, 2.24) is 10.3 Å². The molecule has 2 aromatic rings. The number of hydrogen-bond donors (Lipinski definition) is 1. The molecule has 1 aromatic heterocycles. The lowest BCUT2D eigenvalue weighted by Gasteiger charge is -2.04. The molecule has 0 aliphatic heterocycles. The third-order valence-electron chi connectivity index (χ3n) is 2.74. The molecule has 0 radical (unpaired) electrons. The number of hydrogen-bond acceptors (Lipinski definition) is 4. The van der Waals surface area contributed by atoms with Gasteiger partial charge in [0.05, 0.1) is 35.8 Å². The Morgan fingerprint density at radius 2 is 2.16 bits per heavy atom. The van der Waals surface area contributed by atoms with Gasteiger partial charge in [0.1, 0.15) is 0 Å². The number of benzene rings is 1. The number of carbonyl (C=O) groups excluding carboxylic acids is 1. The van der Waals surface area contributed by atoms with Crippen LogP contribution in [0.1, 0.15) is 21.7 Å². The van der Waals surface area contributed by atoms with Crippen LogP contribution in [0.2, 0.25) is 0 Å². The van der Waals surface area contributed by atoms with Crippen LogP contribution >= 0.6 is 11.3 Å². The third kappa shape index (κ3) is 3.63. The normalized spacial score (nSPS) is 9.89. The molecule has 19 heavy (non-hydrogen) atoms. The molecule has 1 heterocycles. The molecule has 0 bridgehead atoms. The zero-order chi connectivity index (χ0) is 13.7. The van der Waals surface area contributed by atoms with Crippen LogP contribution in [0.5, 0.6) is 0 Å². The molecule has 0 fully saturated rings. The van der Waals surface area contributed by atoms with Gasteiger partial charge < -0.3 is 5.32 Å². The number of nitrogens with one attached hydrogen (secondary N) is 1. The summed E-state index contributed by atoms with van der Waals surface area (Å²) in [6, 6.07) is 9.09.